The van der Waals surface area contributed by atoms with Crippen LogP contribution in [0.2, 0.25) is 0 Å². The van der Waals surface area contributed by atoms with Crippen LogP contribution in [0.25, 0.3) is 0 Å². The van der Waals surface area contributed by atoms with E-state index in [1.165, 1.54) is 6.92 Å². The van der Waals surface area contributed by atoms with E-state index in [1.807, 2.05) is 0 Å². The number of hydrogen-bond donors (Lipinski definition) is 3. The van der Waals surface area contributed by atoms with Gasteiger partial charge in [-0.3, -0.25) is 14.4 Å². The van der Waals surface area contributed by atoms with Gasteiger partial charge in [0.1, 0.15) is 12.1 Å². The smallest absolute Gasteiger partial charge is 0.237 e. The Labute approximate surface area is 106 Å². The maximum atomic E-state index is 11.6. The zero-order valence-electron chi connectivity index (χ0n) is 10.6. The predicted octanol–water partition coefficient (Wildman–Crippen LogP) is -1.63. The molecule has 0 rings (SSSR count). The van der Waals surface area contributed by atoms with E-state index >= 15 is 0 Å². The van der Waals surface area contributed by atoms with Crippen LogP contribution < -0.4 is 16.0 Å². The summed E-state index contributed by atoms with van der Waals surface area (Å²) in [6.45, 7) is 1.33. The Morgan fingerprint density at radius 3 is 2.39 bits per heavy atom. The molecule has 7 nitrogen and oxygen atoms in total. The molecule has 2 amide bonds. The Morgan fingerprint density at radius 2 is 1.89 bits per heavy atom. The quantitative estimate of drug-likeness (QED) is 0.430. The van der Waals surface area contributed by atoms with Gasteiger partial charge < -0.3 is 20.7 Å². The van der Waals surface area contributed by atoms with Gasteiger partial charge in [-0.1, -0.05) is 0 Å². The molecule has 1 atom stereocenters. The molecule has 102 valence electrons. The van der Waals surface area contributed by atoms with Crippen LogP contribution in [0.3, 0.4) is 0 Å². The highest BCUT2D eigenvalue weighted by Gasteiger charge is 2.17. The van der Waals surface area contributed by atoms with Crippen LogP contribution in [0.4, 0.5) is 0 Å². The highest BCUT2D eigenvalue weighted by Crippen LogP contribution is 1.97. The maximum Gasteiger partial charge on any atom is 0.237 e. The fourth-order valence-electron chi connectivity index (χ4n) is 1.26. The first-order valence-electron chi connectivity index (χ1n) is 5.66. The molecule has 0 radical (unpaired) electrons. The molecule has 0 saturated carbocycles. The molecular formula is C11H19N3O4. The molecule has 1 unspecified atom stereocenters. The number of aldehydes is 1. The van der Waals surface area contributed by atoms with Gasteiger partial charge in [-0.25, -0.2) is 0 Å². The average Bonchev–Trinajstić information content (AvgIpc) is 2.34. The van der Waals surface area contributed by atoms with Crippen LogP contribution in [0.1, 0.15) is 19.8 Å². The minimum atomic E-state index is -0.536. The van der Waals surface area contributed by atoms with Crippen LogP contribution >= 0.6 is 0 Å². The Kier molecular flexibility index (Phi) is 8.38. The lowest BCUT2D eigenvalue weighted by molar-refractivity contribution is -0.126. The van der Waals surface area contributed by atoms with Gasteiger partial charge in [0.05, 0.1) is 19.1 Å². The molecule has 0 aliphatic heterocycles. The van der Waals surface area contributed by atoms with Crippen LogP contribution in [0.5, 0.6) is 0 Å². The number of carbonyl (C=O) groups is 4. The van der Waals surface area contributed by atoms with Crippen molar-refractivity contribution in [3.05, 3.63) is 0 Å². The maximum absolute atomic E-state index is 11.6. The zero-order chi connectivity index (χ0) is 14.0. The summed E-state index contributed by atoms with van der Waals surface area (Å²) in [6.07, 6.45) is 1.02. The molecule has 18 heavy (non-hydrogen) atoms. The third kappa shape index (κ3) is 7.50. The van der Waals surface area contributed by atoms with E-state index in [4.69, 9.17) is 0 Å². The third-order valence-electron chi connectivity index (χ3n) is 2.22. The normalized spacial score (nSPS) is 11.4. The summed E-state index contributed by atoms with van der Waals surface area (Å²) in [6, 6.07) is -0.536. The Hall–Kier alpha value is -1.76. The number of carbonyl (C=O) groups excluding carboxylic acids is 4. The number of ketones is 1. The van der Waals surface area contributed by atoms with Gasteiger partial charge in [0.25, 0.3) is 0 Å². The number of nitrogens with one attached hydrogen (secondary N) is 3. The summed E-state index contributed by atoms with van der Waals surface area (Å²) in [7, 11) is 1.60. The molecule has 0 aliphatic carbocycles. The van der Waals surface area contributed by atoms with Gasteiger partial charge in [0.2, 0.25) is 11.8 Å². The second-order valence-corrected chi connectivity index (χ2v) is 3.77. The van der Waals surface area contributed by atoms with Crippen molar-refractivity contribution in [3.8, 4) is 0 Å². The van der Waals surface area contributed by atoms with Crippen molar-refractivity contribution in [3.63, 3.8) is 0 Å². The topological polar surface area (TPSA) is 104 Å². The summed E-state index contributed by atoms with van der Waals surface area (Å²) in [5, 5.41) is 7.61. The molecule has 0 fully saturated rings. The molecule has 0 saturated heterocycles. The standard InChI is InChI=1S/C11H19N3O4/c1-8(16)7-14-11(18)9(12-2)3-4-10(17)13-5-6-15/h6,9,12H,3-5,7H2,1-2H3,(H,13,17)(H,14,18). The van der Waals surface area contributed by atoms with Crippen molar-refractivity contribution in [2.75, 3.05) is 20.1 Å². The van der Waals surface area contributed by atoms with Crippen LogP contribution in [-0.2, 0) is 19.2 Å². The Bertz CT molecular complexity index is 317. The fraction of sp³-hybridized carbons (Fsp3) is 0.636. The summed E-state index contributed by atoms with van der Waals surface area (Å²) in [5.74, 6) is -0.750. The molecule has 0 heterocycles. The molecule has 0 aromatic rings. The number of hydrogen-bond acceptors (Lipinski definition) is 5. The van der Waals surface area contributed by atoms with Crippen LogP contribution in [-0.4, -0.2) is 50.1 Å². The first-order chi connectivity index (χ1) is 8.51. The number of amides is 2. The number of Topliss-reactive ketones (excluding diaryl/α,β-unsaturated/α-hetero) is 1. The van der Waals surface area contributed by atoms with E-state index in [0.29, 0.717) is 12.7 Å². The van der Waals surface area contributed by atoms with Crippen LogP contribution in [0, 0.1) is 0 Å². The summed E-state index contributed by atoms with van der Waals surface area (Å²) >= 11 is 0. The SMILES string of the molecule is CNC(CCC(=O)NCC=O)C(=O)NCC(C)=O. The second-order valence-electron chi connectivity index (χ2n) is 3.77. The minimum Gasteiger partial charge on any atom is -0.349 e. The summed E-state index contributed by atoms with van der Waals surface area (Å²) in [5.41, 5.74) is 0. The first-order valence-corrected chi connectivity index (χ1v) is 5.66. The van der Waals surface area contributed by atoms with Crippen LogP contribution in [0.15, 0.2) is 0 Å². The largest absolute Gasteiger partial charge is 0.349 e. The summed E-state index contributed by atoms with van der Waals surface area (Å²) in [4.78, 5) is 43.6. The number of rotatable bonds is 9. The highest BCUT2D eigenvalue weighted by molar-refractivity contribution is 5.87. The lowest BCUT2D eigenvalue weighted by Gasteiger charge is -2.15. The monoisotopic (exact) mass is 257 g/mol. The van der Waals surface area contributed by atoms with Crippen molar-refractivity contribution in [1.82, 2.24) is 16.0 Å². The molecule has 0 bridgehead atoms. The molecule has 7 heteroatoms. The van der Waals surface area contributed by atoms with Gasteiger partial charge in [-0.15, -0.1) is 0 Å². The van der Waals surface area contributed by atoms with E-state index in [1.54, 1.807) is 7.05 Å². The lowest BCUT2D eigenvalue weighted by Crippen LogP contribution is -2.44. The molecular weight excluding hydrogens is 238 g/mol. The van der Waals surface area contributed by atoms with Crippen molar-refractivity contribution < 1.29 is 19.2 Å². The number of likely N-dealkylation sites (N-methyl/N-ethyl adjacent to an activating group) is 1. The zero-order valence-corrected chi connectivity index (χ0v) is 10.6. The van der Waals surface area contributed by atoms with E-state index in [2.05, 4.69) is 16.0 Å². The highest BCUT2D eigenvalue weighted by atomic mass is 16.2. The Balaban J connectivity index is 4.01. The van der Waals surface area contributed by atoms with Crippen molar-refractivity contribution >= 4 is 23.9 Å². The fourth-order valence-corrected chi connectivity index (χ4v) is 1.26. The predicted molar refractivity (Wildman–Crippen MR) is 64.8 cm³/mol. The van der Waals surface area contributed by atoms with Crippen molar-refractivity contribution in [1.29, 1.82) is 0 Å². The minimum absolute atomic E-state index is 0.0195. The molecule has 0 aromatic carbocycles. The molecule has 0 aromatic heterocycles. The third-order valence-corrected chi connectivity index (χ3v) is 2.22. The molecule has 0 aliphatic rings. The summed E-state index contributed by atoms with van der Waals surface area (Å²) < 4.78 is 0. The van der Waals surface area contributed by atoms with Crippen molar-refractivity contribution in [2.45, 2.75) is 25.8 Å². The molecule has 3 N–H and O–H groups in total. The van der Waals surface area contributed by atoms with Gasteiger partial charge >= 0.3 is 0 Å². The van der Waals surface area contributed by atoms with E-state index in [0.717, 1.165) is 0 Å². The van der Waals surface area contributed by atoms with Gasteiger partial charge in [0.15, 0.2) is 0 Å². The van der Waals surface area contributed by atoms with E-state index in [-0.39, 0.29) is 37.1 Å². The van der Waals surface area contributed by atoms with E-state index < -0.39 is 6.04 Å². The lowest BCUT2D eigenvalue weighted by atomic mass is 10.1. The van der Waals surface area contributed by atoms with Crippen molar-refractivity contribution in [2.24, 2.45) is 0 Å². The van der Waals surface area contributed by atoms with Gasteiger partial charge in [-0.2, -0.15) is 0 Å². The second kappa shape index (κ2) is 9.29. The average molecular weight is 257 g/mol. The first kappa shape index (κ1) is 16.2. The van der Waals surface area contributed by atoms with Gasteiger partial charge in [0, 0.05) is 6.42 Å². The Morgan fingerprint density at radius 1 is 1.22 bits per heavy atom. The van der Waals surface area contributed by atoms with E-state index in [9.17, 15) is 19.2 Å². The van der Waals surface area contributed by atoms with Gasteiger partial charge in [-0.05, 0) is 20.4 Å². The molecule has 0 spiro atoms.